The monoisotopic (exact) mass is 224 g/mol. The van der Waals surface area contributed by atoms with Crippen LogP contribution in [0.25, 0.3) is 0 Å². The molecule has 0 bridgehead atoms. The molecule has 0 radical (unpaired) electrons. The van der Waals surface area contributed by atoms with E-state index in [4.69, 9.17) is 0 Å². The molecule has 0 aromatic heterocycles. The number of hydrogen-bond donors (Lipinski definition) is 0. The normalized spacial score (nSPS) is 14.4. The van der Waals surface area contributed by atoms with Gasteiger partial charge < -0.3 is 0 Å². The van der Waals surface area contributed by atoms with Crippen molar-refractivity contribution in [1.82, 2.24) is 0 Å². The largest absolute Gasteiger partial charge is 0.395 e. The Hall–Kier alpha value is -0.210. The van der Waals surface area contributed by atoms with E-state index in [0.717, 1.165) is 0 Å². The van der Waals surface area contributed by atoms with E-state index in [0.29, 0.717) is 12.8 Å². The summed E-state index contributed by atoms with van der Waals surface area (Å²) in [5.41, 5.74) is -2.17. The second kappa shape index (κ2) is 4.75. The third-order valence-electron chi connectivity index (χ3n) is 4.47. The summed E-state index contributed by atoms with van der Waals surface area (Å²) in [6.07, 6.45) is -2.61. The number of alkyl halides is 3. The quantitative estimate of drug-likeness (QED) is 0.603. The van der Waals surface area contributed by atoms with Crippen LogP contribution in [0.2, 0.25) is 0 Å². The molecule has 0 saturated heterocycles. The van der Waals surface area contributed by atoms with Crippen LogP contribution < -0.4 is 0 Å². The maximum Gasteiger partial charge on any atom is 0.395 e. The molecule has 0 atom stereocenters. The van der Waals surface area contributed by atoms with Crippen molar-refractivity contribution in [2.75, 3.05) is 0 Å². The van der Waals surface area contributed by atoms with Crippen molar-refractivity contribution in [1.29, 1.82) is 0 Å². The summed E-state index contributed by atoms with van der Waals surface area (Å²) in [5, 5.41) is 0. The fraction of sp³-hybridized carbons (Fsp3) is 1.00. The average molecular weight is 224 g/mol. The van der Waals surface area contributed by atoms with Crippen LogP contribution in [0, 0.1) is 10.8 Å². The van der Waals surface area contributed by atoms with E-state index in [9.17, 15) is 13.2 Å². The third-order valence-corrected chi connectivity index (χ3v) is 4.47. The summed E-state index contributed by atoms with van der Waals surface area (Å²) >= 11 is 0. The minimum absolute atomic E-state index is 0.172. The van der Waals surface area contributed by atoms with Gasteiger partial charge in [0.15, 0.2) is 0 Å². The van der Waals surface area contributed by atoms with Crippen molar-refractivity contribution in [2.45, 2.75) is 66.5 Å². The van der Waals surface area contributed by atoms with Gasteiger partial charge in [0.25, 0.3) is 0 Å². The first-order chi connectivity index (χ1) is 6.74. The van der Waals surface area contributed by atoms with Gasteiger partial charge in [-0.25, -0.2) is 0 Å². The first-order valence-corrected chi connectivity index (χ1v) is 5.81. The van der Waals surface area contributed by atoms with E-state index in [2.05, 4.69) is 0 Å². The summed E-state index contributed by atoms with van der Waals surface area (Å²) in [4.78, 5) is 0. The second-order valence-electron chi connectivity index (χ2n) is 4.55. The highest BCUT2D eigenvalue weighted by atomic mass is 19.4. The number of hydrogen-bond acceptors (Lipinski definition) is 0. The molecule has 15 heavy (non-hydrogen) atoms. The lowest BCUT2D eigenvalue weighted by Crippen LogP contribution is -2.49. The van der Waals surface area contributed by atoms with Gasteiger partial charge in [-0.15, -0.1) is 0 Å². The molecule has 0 aliphatic heterocycles. The fourth-order valence-corrected chi connectivity index (χ4v) is 2.77. The van der Waals surface area contributed by atoms with Gasteiger partial charge >= 0.3 is 6.18 Å². The van der Waals surface area contributed by atoms with Gasteiger partial charge in [-0.2, -0.15) is 13.2 Å². The molecule has 0 spiro atoms. The highest BCUT2D eigenvalue weighted by Crippen LogP contribution is 2.58. The van der Waals surface area contributed by atoms with E-state index >= 15 is 0 Å². The Labute approximate surface area is 91.3 Å². The molecule has 0 unspecified atom stereocenters. The summed E-state index contributed by atoms with van der Waals surface area (Å²) in [7, 11) is 0. The topological polar surface area (TPSA) is 0 Å². The van der Waals surface area contributed by atoms with Crippen LogP contribution in [0.5, 0.6) is 0 Å². The molecule has 0 rings (SSSR count). The summed E-state index contributed by atoms with van der Waals surface area (Å²) < 4.78 is 39.7. The zero-order valence-corrected chi connectivity index (χ0v) is 10.5. The van der Waals surface area contributed by atoms with Gasteiger partial charge in [-0.05, 0) is 31.1 Å². The van der Waals surface area contributed by atoms with Gasteiger partial charge in [-0.3, -0.25) is 0 Å². The van der Waals surface area contributed by atoms with Crippen LogP contribution in [0.3, 0.4) is 0 Å². The smallest absolute Gasteiger partial charge is 0.170 e. The first kappa shape index (κ1) is 14.8. The highest BCUT2D eigenvalue weighted by Gasteiger charge is 2.60. The molecule has 0 aromatic rings. The van der Waals surface area contributed by atoms with Gasteiger partial charge in [0.1, 0.15) is 0 Å². The second-order valence-corrected chi connectivity index (χ2v) is 4.55. The van der Waals surface area contributed by atoms with Gasteiger partial charge in [0.05, 0.1) is 5.41 Å². The minimum Gasteiger partial charge on any atom is -0.170 e. The maximum absolute atomic E-state index is 13.2. The molecule has 92 valence electrons. The molecule has 0 N–H and O–H groups in total. The lowest BCUT2D eigenvalue weighted by atomic mass is 9.58. The Morgan fingerprint density at radius 1 is 0.733 bits per heavy atom. The molecule has 0 aromatic carbocycles. The first-order valence-electron chi connectivity index (χ1n) is 5.81. The van der Waals surface area contributed by atoms with E-state index in [1.165, 1.54) is 0 Å². The van der Waals surface area contributed by atoms with Gasteiger partial charge in [-0.1, -0.05) is 34.6 Å². The Balaban J connectivity index is 5.45. The standard InChI is InChI=1S/C12H23F3/c1-6-10(5,7-2)11(8-3,9-4)12(13,14)15/h6-9H2,1-5H3. The van der Waals surface area contributed by atoms with Crippen LogP contribution in [-0.2, 0) is 0 Å². The average Bonchev–Trinajstić information content (AvgIpc) is 2.17. The Morgan fingerprint density at radius 2 is 1.07 bits per heavy atom. The molecule has 0 amide bonds. The molecule has 0 aliphatic carbocycles. The lowest BCUT2D eigenvalue weighted by Gasteiger charge is -2.48. The molecule has 0 aliphatic rings. The molecule has 0 heterocycles. The molecule has 0 saturated carbocycles. The number of halogens is 3. The molecular formula is C12H23F3. The van der Waals surface area contributed by atoms with Crippen LogP contribution in [-0.4, -0.2) is 6.18 Å². The van der Waals surface area contributed by atoms with E-state index in [-0.39, 0.29) is 12.8 Å². The number of rotatable bonds is 5. The molecule has 0 fully saturated rings. The minimum atomic E-state index is -4.10. The van der Waals surface area contributed by atoms with E-state index < -0.39 is 17.0 Å². The maximum atomic E-state index is 13.2. The summed E-state index contributed by atoms with van der Waals surface area (Å²) in [6, 6.07) is 0. The lowest BCUT2D eigenvalue weighted by molar-refractivity contribution is -0.268. The Morgan fingerprint density at radius 3 is 1.13 bits per heavy atom. The zero-order valence-electron chi connectivity index (χ0n) is 10.5. The van der Waals surface area contributed by atoms with Crippen molar-refractivity contribution >= 4 is 0 Å². The zero-order chi connectivity index (χ0) is 12.3. The van der Waals surface area contributed by atoms with Crippen molar-refractivity contribution < 1.29 is 13.2 Å². The molecule has 3 heteroatoms. The van der Waals surface area contributed by atoms with Crippen LogP contribution in [0.4, 0.5) is 13.2 Å². The van der Waals surface area contributed by atoms with E-state index in [1.54, 1.807) is 20.8 Å². The van der Waals surface area contributed by atoms with Gasteiger partial charge in [0.2, 0.25) is 0 Å². The van der Waals surface area contributed by atoms with Crippen molar-refractivity contribution in [2.24, 2.45) is 10.8 Å². The molecular weight excluding hydrogens is 201 g/mol. The fourth-order valence-electron chi connectivity index (χ4n) is 2.77. The van der Waals surface area contributed by atoms with Crippen LogP contribution in [0.15, 0.2) is 0 Å². The summed E-state index contributed by atoms with van der Waals surface area (Å²) in [6.45, 7) is 8.79. The SMILES string of the molecule is CCC(C)(CC)C(CC)(CC)C(F)(F)F. The molecule has 0 nitrogen and oxygen atoms in total. The van der Waals surface area contributed by atoms with Gasteiger partial charge in [0, 0.05) is 0 Å². The third kappa shape index (κ3) is 2.16. The van der Waals surface area contributed by atoms with Crippen molar-refractivity contribution in [3.8, 4) is 0 Å². The predicted molar refractivity (Wildman–Crippen MR) is 57.8 cm³/mol. The van der Waals surface area contributed by atoms with Crippen molar-refractivity contribution in [3.05, 3.63) is 0 Å². The Bertz CT molecular complexity index is 186. The predicted octanol–water partition coefficient (Wildman–Crippen LogP) is 5.18. The Kier molecular flexibility index (Phi) is 4.68. The van der Waals surface area contributed by atoms with Crippen LogP contribution in [0.1, 0.15) is 60.3 Å². The van der Waals surface area contributed by atoms with E-state index in [1.807, 2.05) is 13.8 Å². The van der Waals surface area contributed by atoms with Crippen LogP contribution >= 0.6 is 0 Å². The highest BCUT2D eigenvalue weighted by molar-refractivity contribution is 4.97. The summed E-state index contributed by atoms with van der Waals surface area (Å²) in [5.74, 6) is 0. The van der Waals surface area contributed by atoms with Crippen molar-refractivity contribution in [3.63, 3.8) is 0 Å².